The molecule has 2 aromatic carbocycles. The van der Waals surface area contributed by atoms with Crippen molar-refractivity contribution in [3.63, 3.8) is 0 Å². The summed E-state index contributed by atoms with van der Waals surface area (Å²) in [4.78, 5) is 0. The third-order valence-corrected chi connectivity index (χ3v) is 3.31. The van der Waals surface area contributed by atoms with Crippen LogP contribution in [0.5, 0.6) is 11.5 Å². The van der Waals surface area contributed by atoms with Gasteiger partial charge in [0.1, 0.15) is 18.1 Å². The van der Waals surface area contributed by atoms with Gasteiger partial charge in [0.05, 0.1) is 0 Å². The third kappa shape index (κ3) is 4.91. The fourth-order valence-electron chi connectivity index (χ4n) is 1.48. The molecule has 5 nitrogen and oxygen atoms in total. The van der Waals surface area contributed by atoms with Gasteiger partial charge in [0.15, 0.2) is 0 Å². The van der Waals surface area contributed by atoms with Crippen molar-refractivity contribution in [3.8, 4) is 11.5 Å². The summed E-state index contributed by atoms with van der Waals surface area (Å²) in [7, 11) is -3.82. The number of rotatable bonds is 7. The Bertz CT molecular complexity index is 614. The van der Waals surface area contributed by atoms with Crippen molar-refractivity contribution in [2.24, 2.45) is 0 Å². The van der Waals surface area contributed by atoms with Crippen molar-refractivity contribution in [1.82, 2.24) is 4.72 Å². The highest BCUT2D eigenvalue weighted by Crippen LogP contribution is 2.10. The van der Waals surface area contributed by atoms with E-state index in [1.165, 1.54) is 0 Å². The molecule has 0 saturated heterocycles. The van der Waals surface area contributed by atoms with Crippen LogP contribution in [0.25, 0.3) is 0 Å². The molecule has 0 aliphatic carbocycles. The Labute approximate surface area is 118 Å². The summed E-state index contributed by atoms with van der Waals surface area (Å²) in [5.74, 6) is 0.958. The zero-order chi connectivity index (χ0) is 14.3. The van der Waals surface area contributed by atoms with E-state index in [1.54, 1.807) is 42.5 Å². The van der Waals surface area contributed by atoms with E-state index in [1.807, 2.05) is 18.2 Å². The maximum Gasteiger partial charge on any atom is 0.382 e. The number of hydrogen-bond donors (Lipinski definition) is 1. The van der Waals surface area contributed by atoms with E-state index in [0.29, 0.717) is 5.75 Å². The summed E-state index contributed by atoms with van der Waals surface area (Å²) in [5.41, 5.74) is 0. The average molecular weight is 293 g/mol. The standard InChI is InChI=1S/C14H15NO4S/c16-20(17,19-14-9-5-2-6-10-14)15-11-12-18-13-7-3-1-4-8-13/h1-10,15H,11-12H2. The van der Waals surface area contributed by atoms with Crippen LogP contribution in [0.1, 0.15) is 0 Å². The molecule has 1 N–H and O–H groups in total. The molecule has 0 fully saturated rings. The molecule has 6 heteroatoms. The first-order valence-electron chi connectivity index (χ1n) is 6.08. The van der Waals surface area contributed by atoms with Gasteiger partial charge < -0.3 is 8.92 Å². The maximum atomic E-state index is 11.6. The summed E-state index contributed by atoms with van der Waals surface area (Å²) < 4.78 is 35.8. The minimum atomic E-state index is -3.82. The second kappa shape index (κ2) is 6.93. The van der Waals surface area contributed by atoms with Crippen molar-refractivity contribution in [3.05, 3.63) is 60.7 Å². The zero-order valence-corrected chi connectivity index (χ0v) is 11.5. The summed E-state index contributed by atoms with van der Waals surface area (Å²) in [6, 6.07) is 17.5. The van der Waals surface area contributed by atoms with Gasteiger partial charge in [-0.1, -0.05) is 36.4 Å². The van der Waals surface area contributed by atoms with Gasteiger partial charge in [0.25, 0.3) is 0 Å². The van der Waals surface area contributed by atoms with Gasteiger partial charge in [0.2, 0.25) is 0 Å². The van der Waals surface area contributed by atoms with Crippen molar-refractivity contribution in [1.29, 1.82) is 0 Å². The highest BCUT2D eigenvalue weighted by atomic mass is 32.2. The smallest absolute Gasteiger partial charge is 0.382 e. The molecule has 0 aliphatic rings. The second-order valence-electron chi connectivity index (χ2n) is 3.91. The monoisotopic (exact) mass is 293 g/mol. The maximum absolute atomic E-state index is 11.6. The summed E-state index contributed by atoms with van der Waals surface area (Å²) in [5, 5.41) is 0. The molecule has 2 rings (SSSR count). The number of hydrogen-bond acceptors (Lipinski definition) is 4. The minimum absolute atomic E-state index is 0.129. The molecule has 0 spiro atoms. The van der Waals surface area contributed by atoms with Crippen molar-refractivity contribution in [2.75, 3.05) is 13.2 Å². The van der Waals surface area contributed by atoms with Crippen LogP contribution in [0.2, 0.25) is 0 Å². The first-order valence-corrected chi connectivity index (χ1v) is 7.48. The van der Waals surface area contributed by atoms with E-state index in [0.717, 1.165) is 0 Å². The van der Waals surface area contributed by atoms with E-state index < -0.39 is 10.3 Å². The van der Waals surface area contributed by atoms with Gasteiger partial charge in [-0.3, -0.25) is 0 Å². The van der Waals surface area contributed by atoms with Crippen LogP contribution in [0.4, 0.5) is 0 Å². The molecule has 0 bridgehead atoms. The predicted octanol–water partition coefficient (Wildman–Crippen LogP) is 1.98. The average Bonchev–Trinajstić information content (AvgIpc) is 2.45. The summed E-state index contributed by atoms with van der Waals surface area (Å²) in [6.07, 6.45) is 0. The van der Waals surface area contributed by atoms with E-state index in [2.05, 4.69) is 4.72 Å². The van der Waals surface area contributed by atoms with E-state index in [4.69, 9.17) is 8.92 Å². The Hall–Kier alpha value is -2.05. The molecular formula is C14H15NO4S. The molecule has 0 aliphatic heterocycles. The lowest BCUT2D eigenvalue weighted by molar-refractivity contribution is 0.320. The molecule has 0 saturated carbocycles. The molecule has 0 heterocycles. The van der Waals surface area contributed by atoms with Crippen LogP contribution < -0.4 is 13.6 Å². The van der Waals surface area contributed by atoms with Crippen molar-refractivity contribution >= 4 is 10.3 Å². The highest BCUT2D eigenvalue weighted by molar-refractivity contribution is 7.85. The molecular weight excluding hydrogens is 278 g/mol. The number of para-hydroxylation sites is 2. The largest absolute Gasteiger partial charge is 0.492 e. The lowest BCUT2D eigenvalue weighted by Crippen LogP contribution is -2.31. The Morgan fingerprint density at radius 1 is 0.850 bits per heavy atom. The van der Waals surface area contributed by atoms with Gasteiger partial charge in [-0.2, -0.15) is 13.1 Å². The predicted molar refractivity (Wildman–Crippen MR) is 75.9 cm³/mol. The summed E-state index contributed by atoms with van der Waals surface area (Å²) >= 11 is 0. The van der Waals surface area contributed by atoms with Crippen LogP contribution in [-0.4, -0.2) is 21.6 Å². The fourth-order valence-corrected chi connectivity index (χ4v) is 2.24. The second-order valence-corrected chi connectivity index (χ2v) is 5.27. The molecule has 2 aromatic rings. The van der Waals surface area contributed by atoms with Crippen LogP contribution in [-0.2, 0) is 10.3 Å². The lowest BCUT2D eigenvalue weighted by Gasteiger charge is -2.09. The van der Waals surface area contributed by atoms with Gasteiger partial charge in [0, 0.05) is 6.54 Å². The van der Waals surface area contributed by atoms with E-state index >= 15 is 0 Å². The first kappa shape index (κ1) is 14.4. The number of nitrogens with one attached hydrogen (secondary N) is 1. The SMILES string of the molecule is O=S(=O)(NCCOc1ccccc1)Oc1ccccc1. The van der Waals surface area contributed by atoms with Crippen LogP contribution in [0.3, 0.4) is 0 Å². The normalized spacial score (nSPS) is 11.0. The molecule has 0 radical (unpaired) electrons. The molecule has 106 valence electrons. The first-order chi connectivity index (χ1) is 9.66. The topological polar surface area (TPSA) is 64.6 Å². The molecule has 20 heavy (non-hydrogen) atoms. The van der Waals surface area contributed by atoms with E-state index in [-0.39, 0.29) is 18.9 Å². The Balaban J connectivity index is 1.76. The number of ether oxygens (including phenoxy) is 1. The summed E-state index contributed by atoms with van der Waals surface area (Å²) in [6.45, 7) is 0.353. The Kier molecular flexibility index (Phi) is 4.97. The zero-order valence-electron chi connectivity index (χ0n) is 10.7. The molecule has 0 amide bonds. The molecule has 0 unspecified atom stereocenters. The van der Waals surface area contributed by atoms with Gasteiger partial charge in [-0.05, 0) is 24.3 Å². The highest BCUT2D eigenvalue weighted by Gasteiger charge is 2.11. The van der Waals surface area contributed by atoms with Crippen molar-refractivity contribution in [2.45, 2.75) is 0 Å². The fraction of sp³-hybridized carbons (Fsp3) is 0.143. The minimum Gasteiger partial charge on any atom is -0.492 e. The molecule has 0 atom stereocenters. The van der Waals surface area contributed by atoms with Crippen LogP contribution in [0.15, 0.2) is 60.7 Å². The van der Waals surface area contributed by atoms with Crippen molar-refractivity contribution < 1.29 is 17.3 Å². The number of benzene rings is 2. The quantitative estimate of drug-likeness (QED) is 0.793. The van der Waals surface area contributed by atoms with Gasteiger partial charge >= 0.3 is 10.3 Å². The van der Waals surface area contributed by atoms with Gasteiger partial charge in [-0.25, -0.2) is 0 Å². The van der Waals surface area contributed by atoms with Crippen LogP contribution in [0, 0.1) is 0 Å². The Morgan fingerprint density at radius 3 is 2.00 bits per heavy atom. The van der Waals surface area contributed by atoms with Crippen LogP contribution >= 0.6 is 0 Å². The van der Waals surface area contributed by atoms with Gasteiger partial charge in [-0.15, -0.1) is 0 Å². The van der Waals surface area contributed by atoms with E-state index in [9.17, 15) is 8.42 Å². The lowest BCUT2D eigenvalue weighted by atomic mass is 10.3. The third-order valence-electron chi connectivity index (χ3n) is 2.34. The Morgan fingerprint density at radius 2 is 1.40 bits per heavy atom. The molecule has 0 aromatic heterocycles.